The molecule has 1 aromatic rings. The Labute approximate surface area is 81.5 Å². The highest BCUT2D eigenvalue weighted by Crippen LogP contribution is 2.07. The summed E-state index contributed by atoms with van der Waals surface area (Å²) >= 11 is 0. The third-order valence-electron chi connectivity index (χ3n) is 1.55. The fourth-order valence-electron chi connectivity index (χ4n) is 0.939. The number of halogens is 1. The Morgan fingerprint density at radius 3 is 3.07 bits per heavy atom. The number of likely N-dealkylation sites (N-methyl/N-ethyl adjacent to an activating group) is 1. The van der Waals surface area contributed by atoms with Crippen molar-refractivity contribution in [3.63, 3.8) is 0 Å². The number of nitrogens with zero attached hydrogens (tertiary/aromatic N) is 1. The van der Waals surface area contributed by atoms with E-state index in [1.54, 1.807) is 0 Å². The number of carbonyl (C=O) groups excluding carboxylic acids is 1. The molecule has 0 atom stereocenters. The van der Waals surface area contributed by atoms with Gasteiger partial charge in [-0.2, -0.15) is 0 Å². The fraction of sp³-hybridized carbons (Fsp3) is 0.333. The first-order chi connectivity index (χ1) is 6.74. The number of aromatic nitrogens is 1. The van der Waals surface area contributed by atoms with Crippen LogP contribution >= 0.6 is 0 Å². The van der Waals surface area contributed by atoms with Crippen LogP contribution in [0.15, 0.2) is 18.3 Å². The minimum Gasteiger partial charge on any atom is -0.359 e. The van der Waals surface area contributed by atoms with Crippen LogP contribution in [0.25, 0.3) is 0 Å². The van der Waals surface area contributed by atoms with Gasteiger partial charge in [-0.3, -0.25) is 4.79 Å². The van der Waals surface area contributed by atoms with Crippen molar-refractivity contribution in [3.05, 3.63) is 24.1 Å². The van der Waals surface area contributed by atoms with Gasteiger partial charge in [0.05, 0.1) is 6.54 Å². The van der Waals surface area contributed by atoms with Gasteiger partial charge in [0.25, 0.3) is 0 Å². The fourth-order valence-corrected chi connectivity index (χ4v) is 0.939. The molecule has 0 spiro atoms. The molecule has 0 bridgehead atoms. The highest BCUT2D eigenvalue weighted by molar-refractivity contribution is 5.80. The summed E-state index contributed by atoms with van der Waals surface area (Å²) < 4.78 is 13.0. The van der Waals surface area contributed by atoms with Gasteiger partial charge >= 0.3 is 0 Å². The summed E-state index contributed by atoms with van der Waals surface area (Å²) in [5, 5.41) is 5.18. The van der Waals surface area contributed by atoms with Crippen LogP contribution in [0.4, 0.5) is 10.2 Å². The van der Waals surface area contributed by atoms with Gasteiger partial charge in [0.1, 0.15) is 0 Å². The topological polar surface area (TPSA) is 54.0 Å². The zero-order valence-corrected chi connectivity index (χ0v) is 7.88. The number of hydrogen-bond donors (Lipinski definition) is 2. The quantitative estimate of drug-likeness (QED) is 0.749. The summed E-state index contributed by atoms with van der Waals surface area (Å²) in [5.74, 6) is -0.548. The molecule has 0 aliphatic heterocycles. The largest absolute Gasteiger partial charge is 0.359 e. The maximum atomic E-state index is 13.0. The lowest BCUT2D eigenvalue weighted by molar-refractivity contribution is -0.119. The van der Waals surface area contributed by atoms with E-state index in [1.807, 2.05) is 6.92 Å². The lowest BCUT2D eigenvalue weighted by Gasteiger charge is -2.05. The van der Waals surface area contributed by atoms with Crippen LogP contribution in [0.3, 0.4) is 0 Å². The minimum absolute atomic E-state index is 0.0295. The van der Waals surface area contributed by atoms with Crippen molar-refractivity contribution in [1.82, 2.24) is 10.3 Å². The number of amides is 1. The van der Waals surface area contributed by atoms with Crippen LogP contribution in [0.2, 0.25) is 0 Å². The van der Waals surface area contributed by atoms with Gasteiger partial charge in [-0.25, -0.2) is 9.37 Å². The van der Waals surface area contributed by atoms with E-state index in [0.717, 1.165) is 0 Å². The summed E-state index contributed by atoms with van der Waals surface area (Å²) in [6.07, 6.45) is 1.46. The van der Waals surface area contributed by atoms with Gasteiger partial charge in [0.15, 0.2) is 11.6 Å². The highest BCUT2D eigenvalue weighted by Gasteiger charge is 2.03. The monoisotopic (exact) mass is 197 g/mol. The van der Waals surface area contributed by atoms with Crippen LogP contribution in [0.1, 0.15) is 6.92 Å². The molecule has 0 aromatic carbocycles. The number of pyridine rings is 1. The van der Waals surface area contributed by atoms with Crippen LogP contribution in [-0.2, 0) is 4.79 Å². The summed E-state index contributed by atoms with van der Waals surface area (Å²) in [6, 6.07) is 2.78. The van der Waals surface area contributed by atoms with Crippen molar-refractivity contribution >= 4 is 11.7 Å². The van der Waals surface area contributed by atoms with E-state index in [9.17, 15) is 9.18 Å². The maximum absolute atomic E-state index is 13.0. The molecule has 0 aliphatic carbocycles. The summed E-state index contributed by atoms with van der Waals surface area (Å²) in [7, 11) is 0. The second-order valence-electron chi connectivity index (χ2n) is 2.64. The molecule has 0 fully saturated rings. The van der Waals surface area contributed by atoms with Gasteiger partial charge in [0.2, 0.25) is 5.91 Å². The molecule has 0 radical (unpaired) electrons. The molecule has 76 valence electrons. The molecule has 2 N–H and O–H groups in total. The number of carbonyl (C=O) groups is 1. The van der Waals surface area contributed by atoms with Crippen molar-refractivity contribution in [2.75, 3.05) is 18.4 Å². The van der Waals surface area contributed by atoms with E-state index in [-0.39, 0.29) is 18.3 Å². The molecular formula is C9H12FN3O. The van der Waals surface area contributed by atoms with Gasteiger partial charge in [-0.1, -0.05) is 0 Å². The van der Waals surface area contributed by atoms with Crippen molar-refractivity contribution in [3.8, 4) is 0 Å². The van der Waals surface area contributed by atoms with Crippen molar-refractivity contribution < 1.29 is 9.18 Å². The smallest absolute Gasteiger partial charge is 0.239 e. The molecule has 1 heterocycles. The molecule has 14 heavy (non-hydrogen) atoms. The van der Waals surface area contributed by atoms with E-state index in [2.05, 4.69) is 15.6 Å². The van der Waals surface area contributed by atoms with Gasteiger partial charge in [0, 0.05) is 12.7 Å². The minimum atomic E-state index is -0.461. The molecule has 1 aromatic heterocycles. The Kier molecular flexibility index (Phi) is 3.84. The van der Waals surface area contributed by atoms with E-state index in [4.69, 9.17) is 0 Å². The molecule has 0 saturated heterocycles. The Hall–Kier alpha value is -1.65. The summed E-state index contributed by atoms with van der Waals surface area (Å²) in [5.41, 5.74) is 0. The van der Waals surface area contributed by atoms with E-state index >= 15 is 0 Å². The summed E-state index contributed by atoms with van der Waals surface area (Å²) in [4.78, 5) is 14.7. The van der Waals surface area contributed by atoms with Gasteiger partial charge in [-0.05, 0) is 19.1 Å². The molecule has 0 unspecified atom stereocenters. The van der Waals surface area contributed by atoms with Gasteiger partial charge in [-0.15, -0.1) is 0 Å². The Bertz CT molecular complexity index is 317. The first-order valence-corrected chi connectivity index (χ1v) is 4.35. The average Bonchev–Trinajstić information content (AvgIpc) is 2.17. The second-order valence-corrected chi connectivity index (χ2v) is 2.64. The Morgan fingerprint density at radius 2 is 2.43 bits per heavy atom. The first-order valence-electron chi connectivity index (χ1n) is 4.35. The highest BCUT2D eigenvalue weighted by atomic mass is 19.1. The number of nitrogens with one attached hydrogen (secondary N) is 2. The Morgan fingerprint density at radius 1 is 1.64 bits per heavy atom. The lowest BCUT2D eigenvalue weighted by Crippen LogP contribution is -2.29. The van der Waals surface area contributed by atoms with Gasteiger partial charge < -0.3 is 10.6 Å². The first kappa shape index (κ1) is 10.4. The second kappa shape index (κ2) is 5.16. The number of rotatable bonds is 4. The zero-order valence-electron chi connectivity index (χ0n) is 7.88. The average molecular weight is 197 g/mol. The number of hydrogen-bond acceptors (Lipinski definition) is 3. The molecule has 4 nitrogen and oxygen atoms in total. The van der Waals surface area contributed by atoms with Crippen LogP contribution < -0.4 is 10.6 Å². The predicted octanol–water partition coefficient (Wildman–Crippen LogP) is 0.769. The maximum Gasteiger partial charge on any atom is 0.239 e. The molecule has 1 rings (SSSR count). The van der Waals surface area contributed by atoms with Crippen molar-refractivity contribution in [2.45, 2.75) is 6.92 Å². The normalized spacial score (nSPS) is 9.57. The third-order valence-corrected chi connectivity index (χ3v) is 1.55. The van der Waals surface area contributed by atoms with Crippen LogP contribution in [0.5, 0.6) is 0 Å². The molecule has 0 aliphatic rings. The number of anilines is 1. The van der Waals surface area contributed by atoms with E-state index in [0.29, 0.717) is 6.54 Å². The standard InChI is InChI=1S/C9H12FN3O/c1-2-11-8(14)6-13-9-7(10)4-3-5-12-9/h3-5H,2,6H2,1H3,(H,11,14)(H,12,13). The third kappa shape index (κ3) is 3.01. The SMILES string of the molecule is CCNC(=O)CNc1ncccc1F. The van der Waals surface area contributed by atoms with Crippen LogP contribution in [-0.4, -0.2) is 24.0 Å². The lowest BCUT2D eigenvalue weighted by atomic mass is 10.4. The van der Waals surface area contributed by atoms with Crippen molar-refractivity contribution in [1.29, 1.82) is 0 Å². The predicted molar refractivity (Wildman–Crippen MR) is 51.4 cm³/mol. The molecular weight excluding hydrogens is 185 g/mol. The molecule has 5 heteroatoms. The molecule has 0 saturated carbocycles. The van der Waals surface area contributed by atoms with E-state index in [1.165, 1.54) is 18.3 Å². The Balaban J connectivity index is 2.46. The van der Waals surface area contributed by atoms with Crippen molar-refractivity contribution in [2.24, 2.45) is 0 Å². The summed E-state index contributed by atoms with van der Waals surface area (Å²) in [6.45, 7) is 2.41. The van der Waals surface area contributed by atoms with Crippen LogP contribution in [0, 0.1) is 5.82 Å². The van der Waals surface area contributed by atoms with E-state index < -0.39 is 5.82 Å². The molecule has 1 amide bonds. The zero-order chi connectivity index (χ0) is 10.4.